The highest BCUT2D eigenvalue weighted by atomic mass is 16.5. The van der Waals surface area contributed by atoms with E-state index in [4.69, 9.17) is 4.74 Å². The molecule has 2 aliphatic rings. The zero-order chi connectivity index (χ0) is 16.9. The molecule has 1 atom stereocenters. The number of hydrogen-bond acceptors (Lipinski definition) is 3. The summed E-state index contributed by atoms with van der Waals surface area (Å²) in [4.78, 5) is 26.6. The molecule has 1 saturated carbocycles. The largest absolute Gasteiger partial charge is 0.497 e. The standard InChI is InChI=1S/C19H26N2O3/c1-24-17-10-6-9-16(12-17)21-13-14(11-18(21)22)19(23)20-15-7-4-2-3-5-8-15/h6,9-10,12,14-15H,2-5,7-8,11,13H2,1H3,(H,20,23)/t14-/m0/s1. The second-order valence-corrected chi connectivity index (χ2v) is 6.80. The van der Waals surface area contributed by atoms with E-state index >= 15 is 0 Å². The van der Waals surface area contributed by atoms with Crippen LogP contribution < -0.4 is 15.0 Å². The zero-order valence-electron chi connectivity index (χ0n) is 14.3. The predicted molar refractivity (Wildman–Crippen MR) is 93.1 cm³/mol. The number of amides is 2. The van der Waals surface area contributed by atoms with Crippen LogP contribution in [0.1, 0.15) is 44.9 Å². The highest BCUT2D eigenvalue weighted by Crippen LogP contribution is 2.28. The van der Waals surface area contributed by atoms with Crippen molar-refractivity contribution in [3.63, 3.8) is 0 Å². The van der Waals surface area contributed by atoms with Crippen LogP contribution in [-0.2, 0) is 9.59 Å². The van der Waals surface area contributed by atoms with Crippen LogP contribution in [0.2, 0.25) is 0 Å². The fourth-order valence-corrected chi connectivity index (χ4v) is 3.65. The summed E-state index contributed by atoms with van der Waals surface area (Å²) in [7, 11) is 1.61. The number of nitrogens with one attached hydrogen (secondary N) is 1. The summed E-state index contributed by atoms with van der Waals surface area (Å²) in [6.45, 7) is 0.449. The van der Waals surface area contributed by atoms with E-state index in [1.807, 2.05) is 24.3 Å². The maximum Gasteiger partial charge on any atom is 0.227 e. The van der Waals surface area contributed by atoms with Crippen LogP contribution in [0.4, 0.5) is 5.69 Å². The molecule has 24 heavy (non-hydrogen) atoms. The Labute approximate surface area is 143 Å². The van der Waals surface area contributed by atoms with Crippen LogP contribution in [0.15, 0.2) is 24.3 Å². The van der Waals surface area contributed by atoms with Crippen LogP contribution in [0.5, 0.6) is 5.75 Å². The van der Waals surface area contributed by atoms with Crippen LogP contribution in [0, 0.1) is 5.92 Å². The Morgan fingerprint density at radius 2 is 1.96 bits per heavy atom. The first-order chi connectivity index (χ1) is 11.7. The SMILES string of the molecule is COc1cccc(N2C[C@@H](C(=O)NC3CCCCCC3)CC2=O)c1. The van der Waals surface area contributed by atoms with Crippen LogP contribution in [0.25, 0.3) is 0 Å². The number of anilines is 1. The van der Waals surface area contributed by atoms with Crippen molar-refractivity contribution in [3.05, 3.63) is 24.3 Å². The van der Waals surface area contributed by atoms with Crippen molar-refractivity contribution in [2.75, 3.05) is 18.6 Å². The third-order valence-corrected chi connectivity index (χ3v) is 5.06. The molecule has 1 aliphatic heterocycles. The summed E-state index contributed by atoms with van der Waals surface area (Å²) in [5, 5.41) is 3.17. The minimum Gasteiger partial charge on any atom is -0.497 e. The molecule has 130 valence electrons. The highest BCUT2D eigenvalue weighted by molar-refractivity contribution is 6.00. The van der Waals surface area contributed by atoms with Crippen molar-refractivity contribution in [3.8, 4) is 5.75 Å². The molecule has 0 unspecified atom stereocenters. The van der Waals surface area contributed by atoms with Gasteiger partial charge in [0.1, 0.15) is 5.75 Å². The Morgan fingerprint density at radius 3 is 2.67 bits per heavy atom. The summed E-state index contributed by atoms with van der Waals surface area (Å²) in [5.41, 5.74) is 0.795. The fourth-order valence-electron chi connectivity index (χ4n) is 3.65. The topological polar surface area (TPSA) is 58.6 Å². The third kappa shape index (κ3) is 3.89. The highest BCUT2D eigenvalue weighted by Gasteiger charge is 2.35. The average molecular weight is 330 g/mol. The van der Waals surface area contributed by atoms with E-state index in [2.05, 4.69) is 5.32 Å². The molecule has 1 N–H and O–H groups in total. The lowest BCUT2D eigenvalue weighted by Gasteiger charge is -2.20. The molecule has 0 aromatic heterocycles. The van der Waals surface area contributed by atoms with Gasteiger partial charge in [-0.05, 0) is 25.0 Å². The molecule has 1 aliphatic carbocycles. The first-order valence-electron chi connectivity index (χ1n) is 8.92. The molecule has 5 heteroatoms. The maximum atomic E-state index is 12.6. The van der Waals surface area contributed by atoms with Gasteiger partial charge >= 0.3 is 0 Å². The summed E-state index contributed by atoms with van der Waals surface area (Å²) < 4.78 is 5.22. The lowest BCUT2D eigenvalue weighted by atomic mass is 10.0. The summed E-state index contributed by atoms with van der Waals surface area (Å²) in [5.74, 6) is 0.489. The van der Waals surface area contributed by atoms with Gasteiger partial charge in [-0.25, -0.2) is 0 Å². The summed E-state index contributed by atoms with van der Waals surface area (Å²) >= 11 is 0. The van der Waals surface area contributed by atoms with Gasteiger partial charge in [-0.2, -0.15) is 0 Å². The molecule has 1 heterocycles. The van der Waals surface area contributed by atoms with Gasteiger partial charge in [-0.3, -0.25) is 9.59 Å². The quantitative estimate of drug-likeness (QED) is 0.864. The number of ether oxygens (including phenoxy) is 1. The second-order valence-electron chi connectivity index (χ2n) is 6.80. The van der Waals surface area contributed by atoms with Gasteiger partial charge < -0.3 is 15.0 Å². The van der Waals surface area contributed by atoms with Gasteiger partial charge in [0.15, 0.2) is 0 Å². The second kappa shape index (κ2) is 7.69. The Balaban J connectivity index is 1.62. The van der Waals surface area contributed by atoms with Crippen LogP contribution in [0.3, 0.4) is 0 Å². The van der Waals surface area contributed by atoms with E-state index in [1.54, 1.807) is 12.0 Å². The molecule has 1 aromatic rings. The van der Waals surface area contributed by atoms with Gasteiger partial charge in [-0.15, -0.1) is 0 Å². The van der Waals surface area contributed by atoms with Gasteiger partial charge in [0.2, 0.25) is 11.8 Å². The number of rotatable bonds is 4. The number of nitrogens with zero attached hydrogens (tertiary/aromatic N) is 1. The molecular weight excluding hydrogens is 304 g/mol. The summed E-state index contributed by atoms with van der Waals surface area (Å²) in [6, 6.07) is 7.71. The van der Waals surface area contributed by atoms with Crippen molar-refractivity contribution >= 4 is 17.5 Å². The van der Waals surface area contributed by atoms with E-state index < -0.39 is 0 Å². The molecule has 2 fully saturated rings. The van der Waals surface area contributed by atoms with Crippen LogP contribution >= 0.6 is 0 Å². The van der Waals surface area contributed by atoms with Crippen molar-refractivity contribution < 1.29 is 14.3 Å². The minimum absolute atomic E-state index is 0.00395. The van der Waals surface area contributed by atoms with Crippen molar-refractivity contribution in [2.45, 2.75) is 51.0 Å². The van der Waals surface area contributed by atoms with E-state index in [0.29, 0.717) is 12.3 Å². The molecular formula is C19H26N2O3. The van der Waals surface area contributed by atoms with Crippen molar-refractivity contribution in [1.82, 2.24) is 5.32 Å². The van der Waals surface area contributed by atoms with Gasteiger partial charge in [0.25, 0.3) is 0 Å². The smallest absolute Gasteiger partial charge is 0.227 e. The van der Waals surface area contributed by atoms with Crippen molar-refractivity contribution in [1.29, 1.82) is 0 Å². The van der Waals surface area contributed by atoms with E-state index in [0.717, 1.165) is 18.5 Å². The monoisotopic (exact) mass is 330 g/mol. The maximum absolute atomic E-state index is 12.6. The molecule has 0 spiro atoms. The minimum atomic E-state index is -0.257. The first kappa shape index (κ1) is 16.8. The normalized spacial score (nSPS) is 22.3. The Morgan fingerprint density at radius 1 is 1.21 bits per heavy atom. The zero-order valence-corrected chi connectivity index (χ0v) is 14.3. The van der Waals surface area contributed by atoms with Crippen molar-refractivity contribution in [2.24, 2.45) is 5.92 Å². The predicted octanol–water partition coefficient (Wildman–Crippen LogP) is 2.89. The van der Waals surface area contributed by atoms with E-state index in [9.17, 15) is 9.59 Å². The van der Waals surface area contributed by atoms with Crippen LogP contribution in [-0.4, -0.2) is 31.5 Å². The number of methoxy groups -OCH3 is 1. The van der Waals surface area contributed by atoms with E-state index in [-0.39, 0.29) is 30.2 Å². The number of benzene rings is 1. The van der Waals surface area contributed by atoms with Gasteiger partial charge in [0, 0.05) is 30.8 Å². The lowest BCUT2D eigenvalue weighted by Crippen LogP contribution is -2.39. The average Bonchev–Trinajstić information content (AvgIpc) is 2.81. The Hall–Kier alpha value is -2.04. The molecule has 0 bridgehead atoms. The molecule has 5 nitrogen and oxygen atoms in total. The Kier molecular flexibility index (Phi) is 5.38. The molecule has 1 saturated heterocycles. The van der Waals surface area contributed by atoms with E-state index in [1.165, 1.54) is 25.7 Å². The third-order valence-electron chi connectivity index (χ3n) is 5.06. The van der Waals surface area contributed by atoms with Gasteiger partial charge in [0.05, 0.1) is 13.0 Å². The number of hydrogen-bond donors (Lipinski definition) is 1. The first-order valence-corrected chi connectivity index (χ1v) is 8.92. The Bertz CT molecular complexity index is 594. The number of carbonyl (C=O) groups is 2. The lowest BCUT2D eigenvalue weighted by molar-refractivity contribution is -0.127. The number of carbonyl (C=O) groups excluding carboxylic acids is 2. The fraction of sp³-hybridized carbons (Fsp3) is 0.579. The molecule has 2 amide bonds. The van der Waals surface area contributed by atoms with Gasteiger partial charge in [-0.1, -0.05) is 31.7 Å². The molecule has 3 rings (SSSR count). The summed E-state index contributed by atoms with van der Waals surface area (Å²) in [6.07, 6.45) is 7.30. The molecule has 0 radical (unpaired) electrons. The molecule has 1 aromatic carbocycles.